The lowest BCUT2D eigenvalue weighted by atomic mass is 10.0. The van der Waals surface area contributed by atoms with Gasteiger partial charge in [0.25, 0.3) is 0 Å². The van der Waals surface area contributed by atoms with Crippen molar-refractivity contribution in [3.63, 3.8) is 0 Å². The van der Waals surface area contributed by atoms with E-state index in [9.17, 15) is 4.79 Å². The summed E-state index contributed by atoms with van der Waals surface area (Å²) in [6.07, 6.45) is 5.42. The van der Waals surface area contributed by atoms with Crippen molar-refractivity contribution >= 4 is 28.9 Å². The number of oxime groups is 1. The fourth-order valence-corrected chi connectivity index (χ4v) is 2.66. The Balaban J connectivity index is 2.28. The van der Waals surface area contributed by atoms with E-state index in [-0.39, 0.29) is 17.0 Å². The third-order valence-electron chi connectivity index (χ3n) is 3.63. The number of halogens is 1. The molecular weight excluding hydrogens is 330 g/mol. The first kappa shape index (κ1) is 17.9. The van der Waals surface area contributed by atoms with Crippen molar-refractivity contribution in [3.8, 4) is 5.69 Å². The molecule has 2 heterocycles. The summed E-state index contributed by atoms with van der Waals surface area (Å²) in [7, 11) is 0. The van der Waals surface area contributed by atoms with Gasteiger partial charge in [0.15, 0.2) is 5.15 Å². The molecule has 0 aromatic carbocycles. The van der Waals surface area contributed by atoms with E-state index in [0.29, 0.717) is 24.4 Å². The maximum absolute atomic E-state index is 12.7. The van der Waals surface area contributed by atoms with Gasteiger partial charge in [-0.15, -0.1) is 0 Å². The van der Waals surface area contributed by atoms with Crippen molar-refractivity contribution in [3.05, 3.63) is 35.9 Å². The van der Waals surface area contributed by atoms with E-state index in [0.717, 1.165) is 5.69 Å². The number of rotatable bonds is 6. The van der Waals surface area contributed by atoms with Crippen LogP contribution in [0.5, 0.6) is 0 Å². The zero-order valence-electron chi connectivity index (χ0n) is 13.8. The van der Waals surface area contributed by atoms with Gasteiger partial charge in [0.1, 0.15) is 5.69 Å². The molecule has 24 heavy (non-hydrogen) atoms. The molecule has 1 unspecified atom stereocenters. The quantitative estimate of drug-likeness (QED) is 0.493. The molecule has 7 nitrogen and oxygen atoms in total. The molecule has 2 rings (SSSR count). The molecule has 1 atom stereocenters. The lowest BCUT2D eigenvalue weighted by molar-refractivity contribution is -0.121. The molecule has 0 radical (unpaired) electrons. The molecule has 0 saturated heterocycles. The molecule has 0 aliphatic rings. The average Bonchev–Trinajstić information content (AvgIpc) is 2.97. The number of carbonyl (C=O) groups is 1. The Kier molecular flexibility index (Phi) is 5.92. The van der Waals surface area contributed by atoms with Crippen LogP contribution in [-0.4, -0.2) is 38.1 Å². The fourth-order valence-electron chi connectivity index (χ4n) is 2.43. The van der Waals surface area contributed by atoms with Gasteiger partial charge in [0.05, 0.1) is 23.8 Å². The van der Waals surface area contributed by atoms with E-state index in [1.54, 1.807) is 48.1 Å². The largest absolute Gasteiger partial charge is 0.411 e. The first-order valence-electron chi connectivity index (χ1n) is 7.62. The highest BCUT2D eigenvalue weighted by Gasteiger charge is 2.25. The van der Waals surface area contributed by atoms with Crippen molar-refractivity contribution < 1.29 is 10.0 Å². The maximum atomic E-state index is 12.7. The minimum Gasteiger partial charge on any atom is -0.411 e. The van der Waals surface area contributed by atoms with Gasteiger partial charge in [-0.2, -0.15) is 5.10 Å². The maximum Gasteiger partial charge on any atom is 0.230 e. The van der Waals surface area contributed by atoms with Crippen LogP contribution in [0.4, 0.5) is 5.69 Å². The molecule has 2 aromatic heterocycles. The summed E-state index contributed by atoms with van der Waals surface area (Å²) in [5, 5.41) is 16.4. The predicted molar refractivity (Wildman–Crippen MR) is 93.1 cm³/mol. The highest BCUT2D eigenvalue weighted by Crippen LogP contribution is 2.27. The van der Waals surface area contributed by atoms with Gasteiger partial charge in [-0.25, -0.2) is 4.68 Å². The third-order valence-corrected chi connectivity index (χ3v) is 3.90. The number of hydrogen-bond acceptors (Lipinski definition) is 5. The molecule has 1 amide bonds. The van der Waals surface area contributed by atoms with Gasteiger partial charge in [0, 0.05) is 25.1 Å². The Morgan fingerprint density at radius 1 is 1.54 bits per heavy atom. The molecule has 0 aliphatic carbocycles. The van der Waals surface area contributed by atoms with E-state index in [4.69, 9.17) is 16.8 Å². The van der Waals surface area contributed by atoms with E-state index < -0.39 is 0 Å². The Morgan fingerprint density at radius 2 is 2.29 bits per heavy atom. The number of hydrogen-bond donors (Lipinski definition) is 1. The Hall–Kier alpha value is -2.41. The van der Waals surface area contributed by atoms with Crippen molar-refractivity contribution in [1.82, 2.24) is 14.8 Å². The molecule has 1 N–H and O–H groups in total. The fraction of sp³-hybridized carbons (Fsp3) is 0.375. The first-order chi connectivity index (χ1) is 11.5. The zero-order valence-corrected chi connectivity index (χ0v) is 14.6. The van der Waals surface area contributed by atoms with Crippen molar-refractivity contribution in [1.29, 1.82) is 0 Å². The van der Waals surface area contributed by atoms with Gasteiger partial charge < -0.3 is 10.1 Å². The highest BCUT2D eigenvalue weighted by molar-refractivity contribution is 6.32. The Bertz CT molecular complexity index is 729. The minimum atomic E-state index is -0.335. The monoisotopic (exact) mass is 349 g/mol. The predicted octanol–water partition coefficient (Wildman–Crippen LogP) is 3.15. The highest BCUT2D eigenvalue weighted by atomic mass is 35.5. The van der Waals surface area contributed by atoms with E-state index in [1.165, 1.54) is 0 Å². The van der Waals surface area contributed by atoms with Crippen molar-refractivity contribution in [2.24, 2.45) is 11.1 Å². The minimum absolute atomic E-state index is 0.104. The summed E-state index contributed by atoms with van der Waals surface area (Å²) < 4.78 is 1.59. The number of amides is 1. The van der Waals surface area contributed by atoms with Crippen molar-refractivity contribution in [2.75, 3.05) is 11.4 Å². The van der Waals surface area contributed by atoms with Crippen LogP contribution in [0.1, 0.15) is 27.2 Å². The van der Waals surface area contributed by atoms with Crippen LogP contribution in [0.15, 0.2) is 35.9 Å². The second-order valence-corrected chi connectivity index (χ2v) is 5.84. The summed E-state index contributed by atoms with van der Waals surface area (Å²) in [6, 6.07) is 3.65. The van der Waals surface area contributed by atoms with Gasteiger partial charge >= 0.3 is 0 Å². The standard InChI is InChI=1S/C16H20ClN5O2/c1-4-21(16(23)11(2)8-12(3)20-24)14-10-22(19-15(14)17)13-6-5-7-18-9-13/h5-7,9-11,24H,4,8H2,1-3H3. The Morgan fingerprint density at radius 3 is 2.88 bits per heavy atom. The SMILES string of the molecule is CCN(C(=O)C(C)CC(C)=NO)c1cn(-c2cccnc2)nc1Cl. The van der Waals surface area contributed by atoms with Crippen LogP contribution < -0.4 is 4.90 Å². The van der Waals surface area contributed by atoms with E-state index in [2.05, 4.69) is 15.2 Å². The second-order valence-electron chi connectivity index (χ2n) is 5.48. The lowest BCUT2D eigenvalue weighted by Crippen LogP contribution is -2.35. The van der Waals surface area contributed by atoms with Crippen LogP contribution in [-0.2, 0) is 4.79 Å². The molecule has 8 heteroatoms. The normalized spacial score (nSPS) is 12.9. The summed E-state index contributed by atoms with van der Waals surface area (Å²) in [4.78, 5) is 18.3. The molecular formula is C16H20ClN5O2. The third kappa shape index (κ3) is 3.91. The average molecular weight is 350 g/mol. The molecule has 0 spiro atoms. The summed E-state index contributed by atoms with van der Waals surface area (Å²) in [5.74, 6) is -0.438. The zero-order chi connectivity index (χ0) is 17.7. The van der Waals surface area contributed by atoms with Crippen LogP contribution in [0, 0.1) is 5.92 Å². The van der Waals surface area contributed by atoms with Crippen LogP contribution in [0.25, 0.3) is 5.69 Å². The number of aromatic nitrogens is 3. The Labute approximate surface area is 145 Å². The number of carbonyl (C=O) groups excluding carboxylic acids is 1. The molecule has 0 bridgehead atoms. The molecule has 2 aromatic rings. The summed E-state index contributed by atoms with van der Waals surface area (Å²) >= 11 is 6.24. The van der Waals surface area contributed by atoms with Gasteiger partial charge in [-0.1, -0.05) is 23.7 Å². The smallest absolute Gasteiger partial charge is 0.230 e. The number of anilines is 1. The van der Waals surface area contributed by atoms with Crippen LogP contribution >= 0.6 is 11.6 Å². The van der Waals surface area contributed by atoms with Gasteiger partial charge in [-0.3, -0.25) is 9.78 Å². The van der Waals surface area contributed by atoms with Gasteiger partial charge in [-0.05, 0) is 26.0 Å². The lowest BCUT2D eigenvalue weighted by Gasteiger charge is -2.23. The van der Waals surface area contributed by atoms with E-state index >= 15 is 0 Å². The van der Waals surface area contributed by atoms with Gasteiger partial charge in [0.2, 0.25) is 5.91 Å². The molecule has 0 aliphatic heterocycles. The topological polar surface area (TPSA) is 83.6 Å². The number of pyridine rings is 1. The van der Waals surface area contributed by atoms with E-state index in [1.807, 2.05) is 13.0 Å². The van der Waals surface area contributed by atoms with Crippen molar-refractivity contribution in [2.45, 2.75) is 27.2 Å². The summed E-state index contributed by atoms with van der Waals surface area (Å²) in [5.41, 5.74) is 1.80. The molecule has 0 fully saturated rings. The van der Waals surface area contributed by atoms with Crippen LogP contribution in [0.2, 0.25) is 5.15 Å². The summed E-state index contributed by atoms with van der Waals surface area (Å²) in [6.45, 7) is 5.79. The molecule has 0 saturated carbocycles. The first-order valence-corrected chi connectivity index (χ1v) is 8.00. The molecule has 128 valence electrons. The van der Waals surface area contributed by atoms with Crippen LogP contribution in [0.3, 0.4) is 0 Å². The second kappa shape index (κ2) is 7.92. The number of nitrogens with zero attached hydrogens (tertiary/aromatic N) is 5.